The van der Waals surface area contributed by atoms with E-state index in [1.807, 2.05) is 60.5 Å². The van der Waals surface area contributed by atoms with Crippen LogP contribution in [0.4, 0.5) is 15.8 Å². The molecule has 0 radical (unpaired) electrons. The number of anilines is 2. The zero-order chi connectivity index (χ0) is 20.0. The zero-order valence-corrected chi connectivity index (χ0v) is 16.9. The maximum atomic E-state index is 16.8. The lowest BCUT2D eigenvalue weighted by Gasteiger charge is -2.33. The van der Waals surface area contributed by atoms with Gasteiger partial charge in [0.1, 0.15) is 0 Å². The third-order valence-electron chi connectivity index (χ3n) is 6.80. The molecule has 2 aromatic rings. The number of para-hydroxylation sites is 2. The maximum absolute atomic E-state index is 16.8. The first-order valence-corrected chi connectivity index (χ1v) is 10.7. The van der Waals surface area contributed by atoms with E-state index in [1.165, 1.54) is 19.3 Å². The molecule has 1 fully saturated rings. The largest absolute Gasteiger partial charge is 0.370 e. The molecule has 29 heavy (non-hydrogen) atoms. The number of benzene rings is 2. The molecular formula is C25H27FN2O. The Morgan fingerprint density at radius 3 is 2.48 bits per heavy atom. The number of carbonyl (C=O) groups is 1. The van der Waals surface area contributed by atoms with E-state index in [0.29, 0.717) is 30.1 Å². The lowest BCUT2D eigenvalue weighted by Crippen LogP contribution is -2.43. The van der Waals surface area contributed by atoms with Crippen LogP contribution in [0.15, 0.2) is 54.1 Å². The van der Waals surface area contributed by atoms with Crippen LogP contribution in [0, 0.1) is 5.92 Å². The van der Waals surface area contributed by atoms with E-state index in [9.17, 15) is 4.79 Å². The number of carbonyl (C=O) groups excluding carboxylic acids is 1. The fourth-order valence-electron chi connectivity index (χ4n) is 5.27. The highest BCUT2D eigenvalue weighted by Gasteiger charge is 2.55. The number of likely N-dealkylation sites (N-methyl/N-ethyl adjacent to an activating group) is 1. The van der Waals surface area contributed by atoms with Gasteiger partial charge in [-0.05, 0) is 42.5 Å². The first kappa shape index (κ1) is 18.4. The molecule has 3 nitrogen and oxygen atoms in total. The summed E-state index contributed by atoms with van der Waals surface area (Å²) >= 11 is 0. The second kappa shape index (κ2) is 7.01. The maximum Gasteiger partial charge on any atom is 0.273 e. The molecule has 1 atom stereocenters. The smallest absolute Gasteiger partial charge is 0.273 e. The molecule has 3 aliphatic rings. The first-order chi connectivity index (χ1) is 14.1. The van der Waals surface area contributed by atoms with Gasteiger partial charge in [0, 0.05) is 37.0 Å². The molecule has 0 bridgehead atoms. The van der Waals surface area contributed by atoms with Crippen molar-refractivity contribution in [3.05, 3.63) is 65.2 Å². The van der Waals surface area contributed by atoms with E-state index < -0.39 is 11.6 Å². The Balaban J connectivity index is 1.56. The molecule has 0 aromatic heterocycles. The molecule has 2 heterocycles. The summed E-state index contributed by atoms with van der Waals surface area (Å²) in [5, 5.41) is 0. The van der Waals surface area contributed by atoms with Gasteiger partial charge in [-0.3, -0.25) is 4.79 Å². The molecule has 0 saturated heterocycles. The van der Waals surface area contributed by atoms with Crippen molar-refractivity contribution in [2.24, 2.45) is 5.92 Å². The monoisotopic (exact) mass is 390 g/mol. The molecule has 0 N–H and O–H groups in total. The minimum absolute atomic E-state index is 0.408. The van der Waals surface area contributed by atoms with E-state index in [2.05, 4.69) is 0 Å². The second-order valence-electron chi connectivity index (χ2n) is 8.68. The van der Waals surface area contributed by atoms with E-state index in [-0.39, 0.29) is 0 Å². The molecule has 4 heteroatoms. The highest BCUT2D eigenvalue weighted by atomic mass is 19.1. The molecule has 2 aromatic carbocycles. The van der Waals surface area contributed by atoms with Crippen molar-refractivity contribution < 1.29 is 9.18 Å². The number of hydrogen-bond donors (Lipinski definition) is 0. The van der Waals surface area contributed by atoms with Crippen LogP contribution in [0.25, 0.3) is 6.08 Å². The van der Waals surface area contributed by atoms with Crippen molar-refractivity contribution in [2.45, 2.75) is 37.8 Å². The third kappa shape index (κ3) is 2.88. The summed E-state index contributed by atoms with van der Waals surface area (Å²) in [6.07, 6.45) is 7.83. The molecular weight excluding hydrogens is 363 g/mol. The lowest BCUT2D eigenvalue weighted by atomic mass is 9.85. The molecule has 2 aliphatic heterocycles. The average molecular weight is 391 g/mol. The minimum atomic E-state index is -2.09. The molecule has 1 aliphatic carbocycles. The van der Waals surface area contributed by atoms with Gasteiger partial charge >= 0.3 is 0 Å². The van der Waals surface area contributed by atoms with E-state index >= 15 is 4.39 Å². The van der Waals surface area contributed by atoms with Crippen LogP contribution in [-0.2, 0) is 10.5 Å². The summed E-state index contributed by atoms with van der Waals surface area (Å²) in [7, 11) is 1.96. The normalized spacial score (nSPS) is 24.3. The Morgan fingerprint density at radius 2 is 1.69 bits per heavy atom. The standard InChI is InChI=1S/C25H27FN2O/c1-27-17-20(15-19-11-5-7-13-22(19)27)25(26)21-12-6-8-14-23(21)28(24(25)29)16-18-9-3-2-4-10-18/h5-8,11-15,18H,2-4,9-10,16-17H2,1H3. The predicted molar refractivity (Wildman–Crippen MR) is 116 cm³/mol. The Kier molecular flexibility index (Phi) is 4.45. The van der Waals surface area contributed by atoms with Gasteiger partial charge in [0.2, 0.25) is 5.67 Å². The summed E-state index contributed by atoms with van der Waals surface area (Å²) < 4.78 is 16.8. The Labute approximate surface area is 171 Å². The molecule has 0 spiro atoms. The molecule has 1 unspecified atom stereocenters. The molecule has 1 amide bonds. The average Bonchev–Trinajstić information content (AvgIpc) is 2.97. The number of hydrogen-bond acceptors (Lipinski definition) is 2. The third-order valence-corrected chi connectivity index (χ3v) is 6.80. The first-order valence-electron chi connectivity index (χ1n) is 10.7. The zero-order valence-electron chi connectivity index (χ0n) is 16.9. The van der Waals surface area contributed by atoms with Crippen molar-refractivity contribution in [1.82, 2.24) is 0 Å². The molecule has 150 valence electrons. The highest BCUT2D eigenvalue weighted by Crippen LogP contribution is 2.50. The highest BCUT2D eigenvalue weighted by molar-refractivity contribution is 6.10. The number of halogens is 1. The van der Waals surface area contributed by atoms with Crippen LogP contribution in [0.2, 0.25) is 0 Å². The van der Waals surface area contributed by atoms with Gasteiger partial charge in [-0.15, -0.1) is 0 Å². The summed E-state index contributed by atoms with van der Waals surface area (Å²) in [5.74, 6) is 0.0511. The quantitative estimate of drug-likeness (QED) is 0.709. The number of fused-ring (bicyclic) bond motifs is 2. The van der Waals surface area contributed by atoms with Gasteiger partial charge in [-0.1, -0.05) is 55.7 Å². The van der Waals surface area contributed by atoms with Crippen LogP contribution in [0.1, 0.15) is 43.2 Å². The predicted octanol–water partition coefficient (Wildman–Crippen LogP) is 5.31. The van der Waals surface area contributed by atoms with E-state index in [4.69, 9.17) is 0 Å². The number of rotatable bonds is 3. The summed E-state index contributed by atoms with van der Waals surface area (Å²) in [6.45, 7) is 1.03. The fourth-order valence-corrected chi connectivity index (χ4v) is 5.27. The lowest BCUT2D eigenvalue weighted by molar-refractivity contribution is -0.127. The van der Waals surface area contributed by atoms with E-state index in [1.54, 1.807) is 11.0 Å². The number of nitrogens with zero attached hydrogens (tertiary/aromatic N) is 2. The van der Waals surface area contributed by atoms with Gasteiger partial charge in [0.15, 0.2) is 0 Å². The summed E-state index contributed by atoms with van der Waals surface area (Å²) in [5.41, 5.74) is 1.71. The molecule has 5 rings (SSSR count). The number of amides is 1. The fraction of sp³-hybridized carbons (Fsp3) is 0.400. The van der Waals surface area contributed by atoms with Gasteiger partial charge in [-0.2, -0.15) is 0 Å². The van der Waals surface area contributed by atoms with Gasteiger partial charge in [-0.25, -0.2) is 4.39 Å². The van der Waals surface area contributed by atoms with Gasteiger partial charge in [0.25, 0.3) is 5.91 Å². The summed E-state index contributed by atoms with van der Waals surface area (Å²) in [6, 6.07) is 15.4. The Morgan fingerprint density at radius 1 is 1.00 bits per heavy atom. The van der Waals surface area contributed by atoms with Crippen molar-refractivity contribution in [3.8, 4) is 0 Å². The Hall–Kier alpha value is -2.62. The van der Waals surface area contributed by atoms with Gasteiger partial charge < -0.3 is 9.80 Å². The Bertz CT molecular complexity index is 978. The van der Waals surface area contributed by atoms with Crippen molar-refractivity contribution in [3.63, 3.8) is 0 Å². The summed E-state index contributed by atoms with van der Waals surface area (Å²) in [4.78, 5) is 17.3. The van der Waals surface area contributed by atoms with Crippen molar-refractivity contribution in [2.75, 3.05) is 29.9 Å². The van der Waals surface area contributed by atoms with Crippen LogP contribution in [-0.4, -0.2) is 26.0 Å². The van der Waals surface area contributed by atoms with Crippen LogP contribution >= 0.6 is 0 Å². The van der Waals surface area contributed by atoms with E-state index in [0.717, 1.165) is 29.8 Å². The van der Waals surface area contributed by atoms with Crippen molar-refractivity contribution in [1.29, 1.82) is 0 Å². The second-order valence-corrected chi connectivity index (χ2v) is 8.68. The van der Waals surface area contributed by atoms with Crippen LogP contribution in [0.3, 0.4) is 0 Å². The molecule has 1 saturated carbocycles. The van der Waals surface area contributed by atoms with Gasteiger partial charge in [0.05, 0.1) is 5.69 Å². The van der Waals surface area contributed by atoms with Crippen molar-refractivity contribution >= 4 is 23.4 Å². The topological polar surface area (TPSA) is 23.6 Å². The van der Waals surface area contributed by atoms with Crippen LogP contribution < -0.4 is 9.80 Å². The van der Waals surface area contributed by atoms with Crippen LogP contribution in [0.5, 0.6) is 0 Å². The number of alkyl halides is 1. The SMILES string of the molecule is CN1CC(C2(F)C(=O)N(CC3CCCCC3)c3ccccc32)=Cc2ccccc21. The minimum Gasteiger partial charge on any atom is -0.370 e.